The molecule has 0 radical (unpaired) electrons. The van der Waals surface area contributed by atoms with Crippen LogP contribution >= 0.6 is 0 Å². The highest BCUT2D eigenvalue weighted by atomic mass is 16.6. The largest absolute Gasteiger partial charge is 0.444 e. The van der Waals surface area contributed by atoms with Crippen molar-refractivity contribution in [1.82, 2.24) is 15.5 Å². The fourth-order valence-corrected chi connectivity index (χ4v) is 1.97. The highest BCUT2D eigenvalue weighted by Gasteiger charge is 2.20. The quantitative estimate of drug-likeness (QED) is 0.779. The molecule has 0 aromatic carbocycles. The second kappa shape index (κ2) is 7.36. The molecule has 1 saturated heterocycles. The van der Waals surface area contributed by atoms with Crippen LogP contribution in [0.15, 0.2) is 0 Å². The molecule has 6 nitrogen and oxygen atoms in total. The van der Waals surface area contributed by atoms with E-state index in [0.717, 1.165) is 25.9 Å². The number of carbonyl (C=O) groups is 2. The van der Waals surface area contributed by atoms with Crippen LogP contribution in [0.3, 0.4) is 0 Å². The van der Waals surface area contributed by atoms with Crippen molar-refractivity contribution < 1.29 is 14.3 Å². The van der Waals surface area contributed by atoms with Crippen LogP contribution in [0.25, 0.3) is 0 Å². The number of ether oxygens (including phenoxy) is 1. The number of amides is 3. The lowest BCUT2D eigenvalue weighted by atomic mass is 10.00. The summed E-state index contributed by atoms with van der Waals surface area (Å²) in [5, 5.41) is 5.41. The first kappa shape index (κ1) is 16.6. The van der Waals surface area contributed by atoms with Gasteiger partial charge in [0.1, 0.15) is 5.60 Å². The summed E-state index contributed by atoms with van der Waals surface area (Å²) >= 11 is 0. The Hall–Kier alpha value is -1.46. The highest BCUT2D eigenvalue weighted by Crippen LogP contribution is 2.15. The molecule has 1 rings (SSSR count). The van der Waals surface area contributed by atoms with E-state index in [0.29, 0.717) is 19.0 Å². The Kier molecular flexibility index (Phi) is 6.10. The summed E-state index contributed by atoms with van der Waals surface area (Å²) in [7, 11) is 0. The molecule has 0 saturated carbocycles. The fraction of sp³-hybridized carbons (Fsp3) is 0.857. The van der Waals surface area contributed by atoms with Crippen molar-refractivity contribution in [1.29, 1.82) is 0 Å². The summed E-state index contributed by atoms with van der Waals surface area (Å²) < 4.78 is 5.10. The third kappa shape index (κ3) is 6.63. The monoisotopic (exact) mass is 285 g/mol. The summed E-state index contributed by atoms with van der Waals surface area (Å²) in [4.78, 5) is 25.1. The summed E-state index contributed by atoms with van der Waals surface area (Å²) in [5.41, 5.74) is -0.502. The summed E-state index contributed by atoms with van der Waals surface area (Å²) in [6.07, 6.45) is 1.66. The molecule has 6 heteroatoms. The number of carbonyl (C=O) groups excluding carboxylic acids is 2. The number of hydrogen-bond donors (Lipinski definition) is 2. The van der Waals surface area contributed by atoms with E-state index in [1.54, 1.807) is 0 Å². The average molecular weight is 285 g/mol. The van der Waals surface area contributed by atoms with Gasteiger partial charge in [0, 0.05) is 26.2 Å². The molecule has 3 amide bonds. The van der Waals surface area contributed by atoms with E-state index in [4.69, 9.17) is 4.74 Å². The fourth-order valence-electron chi connectivity index (χ4n) is 1.97. The second-order valence-corrected chi connectivity index (χ2v) is 6.33. The van der Waals surface area contributed by atoms with Gasteiger partial charge in [0.2, 0.25) is 0 Å². The zero-order chi connectivity index (χ0) is 15.2. The first-order chi connectivity index (χ1) is 9.28. The van der Waals surface area contributed by atoms with Gasteiger partial charge in [-0.1, -0.05) is 6.92 Å². The van der Waals surface area contributed by atoms with Crippen molar-refractivity contribution in [2.45, 2.75) is 46.1 Å². The Morgan fingerprint density at radius 3 is 2.25 bits per heavy atom. The van der Waals surface area contributed by atoms with E-state index in [9.17, 15) is 9.59 Å². The number of nitrogens with one attached hydrogen (secondary N) is 2. The van der Waals surface area contributed by atoms with Crippen LogP contribution in [0.2, 0.25) is 0 Å². The van der Waals surface area contributed by atoms with Crippen molar-refractivity contribution >= 4 is 12.1 Å². The third-order valence-corrected chi connectivity index (χ3v) is 3.14. The van der Waals surface area contributed by atoms with Crippen molar-refractivity contribution in [3.63, 3.8) is 0 Å². The number of urea groups is 1. The molecule has 1 aliphatic rings. The van der Waals surface area contributed by atoms with E-state index in [1.165, 1.54) is 0 Å². The van der Waals surface area contributed by atoms with Crippen molar-refractivity contribution in [3.8, 4) is 0 Å². The molecule has 0 aromatic heterocycles. The molecule has 116 valence electrons. The molecule has 0 aliphatic carbocycles. The van der Waals surface area contributed by atoms with Crippen LogP contribution in [0.1, 0.15) is 40.5 Å². The zero-order valence-corrected chi connectivity index (χ0v) is 13.0. The van der Waals surface area contributed by atoms with E-state index >= 15 is 0 Å². The molecule has 1 fully saturated rings. The topological polar surface area (TPSA) is 70.7 Å². The first-order valence-electron chi connectivity index (χ1n) is 7.27. The normalized spacial score (nSPS) is 16.7. The maximum absolute atomic E-state index is 11.8. The molecular formula is C14H27N3O3. The molecule has 1 heterocycles. The van der Waals surface area contributed by atoms with E-state index in [-0.39, 0.29) is 6.03 Å². The van der Waals surface area contributed by atoms with Gasteiger partial charge in [-0.15, -0.1) is 0 Å². The Balaban J connectivity index is 2.12. The Bertz CT molecular complexity index is 331. The second-order valence-electron chi connectivity index (χ2n) is 6.33. The number of rotatable bonds is 3. The van der Waals surface area contributed by atoms with Crippen LogP contribution in [0.4, 0.5) is 9.59 Å². The first-order valence-corrected chi connectivity index (χ1v) is 7.27. The zero-order valence-electron chi connectivity index (χ0n) is 13.0. The predicted octanol–water partition coefficient (Wildman–Crippen LogP) is 1.95. The lowest BCUT2D eigenvalue weighted by molar-refractivity contribution is 0.0528. The molecular weight excluding hydrogens is 258 g/mol. The molecule has 0 atom stereocenters. The standard InChI is InChI=1S/C14H27N3O3/c1-11-5-9-17(10-6-11)12(18)15-7-8-16-13(19)20-14(2,3)4/h11H,5-10H2,1-4H3,(H,15,18)(H,16,19). The summed E-state index contributed by atoms with van der Waals surface area (Å²) in [5.74, 6) is 0.702. The summed E-state index contributed by atoms with van der Waals surface area (Å²) in [6.45, 7) is 10.0. The maximum Gasteiger partial charge on any atom is 0.407 e. The minimum Gasteiger partial charge on any atom is -0.444 e. The molecule has 0 aromatic rings. The highest BCUT2D eigenvalue weighted by molar-refractivity contribution is 5.74. The maximum atomic E-state index is 11.8. The molecule has 20 heavy (non-hydrogen) atoms. The van der Waals surface area contributed by atoms with Crippen molar-refractivity contribution in [3.05, 3.63) is 0 Å². The number of hydrogen-bond acceptors (Lipinski definition) is 3. The number of nitrogens with zero attached hydrogens (tertiary/aromatic N) is 1. The molecule has 0 bridgehead atoms. The van der Waals surface area contributed by atoms with Gasteiger partial charge in [-0.2, -0.15) is 0 Å². The third-order valence-electron chi connectivity index (χ3n) is 3.14. The Labute approximate surface area is 121 Å². The van der Waals surface area contributed by atoms with Gasteiger partial charge >= 0.3 is 12.1 Å². The van der Waals surface area contributed by atoms with Gasteiger partial charge < -0.3 is 20.3 Å². The van der Waals surface area contributed by atoms with Crippen LogP contribution in [0, 0.1) is 5.92 Å². The van der Waals surface area contributed by atoms with Crippen LogP contribution in [-0.4, -0.2) is 48.8 Å². The SMILES string of the molecule is CC1CCN(C(=O)NCCNC(=O)OC(C)(C)C)CC1. The van der Waals surface area contributed by atoms with Gasteiger partial charge in [-0.25, -0.2) is 9.59 Å². The molecule has 2 N–H and O–H groups in total. The number of piperidine rings is 1. The Morgan fingerprint density at radius 2 is 1.70 bits per heavy atom. The summed E-state index contributed by atoms with van der Waals surface area (Å²) in [6, 6.07) is -0.0529. The van der Waals surface area contributed by atoms with Gasteiger partial charge in [-0.3, -0.25) is 0 Å². The van der Waals surface area contributed by atoms with Crippen LogP contribution in [0.5, 0.6) is 0 Å². The Morgan fingerprint density at radius 1 is 1.15 bits per heavy atom. The number of likely N-dealkylation sites (tertiary alicyclic amines) is 1. The van der Waals surface area contributed by atoms with Gasteiger partial charge in [0.15, 0.2) is 0 Å². The van der Waals surface area contributed by atoms with Gasteiger partial charge in [-0.05, 0) is 39.5 Å². The lowest BCUT2D eigenvalue weighted by Crippen LogP contribution is -2.46. The smallest absolute Gasteiger partial charge is 0.407 e. The van der Waals surface area contributed by atoms with E-state index < -0.39 is 11.7 Å². The van der Waals surface area contributed by atoms with E-state index in [1.807, 2.05) is 25.7 Å². The lowest BCUT2D eigenvalue weighted by Gasteiger charge is -2.30. The minimum atomic E-state index is -0.502. The molecule has 0 spiro atoms. The van der Waals surface area contributed by atoms with Crippen molar-refractivity contribution in [2.24, 2.45) is 5.92 Å². The molecule has 0 unspecified atom stereocenters. The van der Waals surface area contributed by atoms with Crippen molar-refractivity contribution in [2.75, 3.05) is 26.2 Å². The van der Waals surface area contributed by atoms with Gasteiger partial charge in [0.05, 0.1) is 0 Å². The predicted molar refractivity (Wildman–Crippen MR) is 77.6 cm³/mol. The number of alkyl carbamates (subject to hydrolysis) is 1. The van der Waals surface area contributed by atoms with E-state index in [2.05, 4.69) is 17.6 Å². The minimum absolute atomic E-state index is 0.0529. The molecule has 1 aliphatic heterocycles. The van der Waals surface area contributed by atoms with Gasteiger partial charge in [0.25, 0.3) is 0 Å². The average Bonchev–Trinajstić information content (AvgIpc) is 2.33. The van der Waals surface area contributed by atoms with Crippen LogP contribution in [-0.2, 0) is 4.74 Å². The van der Waals surface area contributed by atoms with Crippen LogP contribution < -0.4 is 10.6 Å².